The molecular formula is C23H20N4. The van der Waals surface area contributed by atoms with Gasteiger partial charge >= 0.3 is 0 Å². The van der Waals surface area contributed by atoms with Crippen molar-refractivity contribution in [2.75, 3.05) is 10.6 Å². The molecular weight excluding hydrogens is 332 g/mol. The summed E-state index contributed by atoms with van der Waals surface area (Å²) in [5, 5.41) is 16.2. The molecule has 0 aliphatic rings. The van der Waals surface area contributed by atoms with E-state index in [4.69, 9.17) is 0 Å². The molecule has 0 heterocycles. The zero-order valence-corrected chi connectivity index (χ0v) is 15.1. The molecule has 0 saturated heterocycles. The lowest BCUT2D eigenvalue weighted by atomic mass is 10.2. The third kappa shape index (κ3) is 5.32. The van der Waals surface area contributed by atoms with E-state index in [2.05, 4.69) is 21.7 Å². The van der Waals surface area contributed by atoms with Gasteiger partial charge in [-0.1, -0.05) is 66.2 Å². The van der Waals surface area contributed by atoms with Crippen molar-refractivity contribution >= 4 is 17.6 Å². The Labute approximate surface area is 159 Å². The molecule has 0 amide bonds. The quantitative estimate of drug-likeness (QED) is 0.465. The summed E-state index contributed by atoms with van der Waals surface area (Å²) in [4.78, 5) is 4.40. The fraction of sp³-hybridized carbons (Fsp3) is 0.0435. The lowest BCUT2D eigenvalue weighted by Crippen LogP contribution is -2.12. The van der Waals surface area contributed by atoms with Gasteiger partial charge in [0.1, 0.15) is 11.9 Å². The van der Waals surface area contributed by atoms with Gasteiger partial charge in [-0.15, -0.1) is 0 Å². The highest BCUT2D eigenvalue weighted by molar-refractivity contribution is 5.81. The van der Waals surface area contributed by atoms with Crippen molar-refractivity contribution in [3.05, 3.63) is 108 Å². The van der Waals surface area contributed by atoms with Crippen molar-refractivity contribution in [3.8, 4) is 6.07 Å². The minimum atomic E-state index is 0.267. The first-order valence-corrected chi connectivity index (χ1v) is 8.64. The number of para-hydroxylation sites is 2. The second-order valence-corrected chi connectivity index (χ2v) is 5.99. The maximum absolute atomic E-state index is 9.67. The highest BCUT2D eigenvalue weighted by Gasteiger charge is 2.07. The maximum Gasteiger partial charge on any atom is 0.181 e. The van der Waals surface area contributed by atoms with Crippen LogP contribution in [0.25, 0.3) is 0 Å². The minimum absolute atomic E-state index is 0.267. The Morgan fingerprint density at radius 1 is 0.815 bits per heavy atom. The van der Waals surface area contributed by atoms with E-state index in [1.807, 2.05) is 91.9 Å². The summed E-state index contributed by atoms with van der Waals surface area (Å²) < 4.78 is 0. The van der Waals surface area contributed by atoms with Gasteiger partial charge in [0.2, 0.25) is 0 Å². The highest BCUT2D eigenvalue weighted by Crippen LogP contribution is 2.17. The van der Waals surface area contributed by atoms with Gasteiger partial charge in [0.15, 0.2) is 5.70 Å². The number of rotatable bonds is 6. The fourth-order valence-electron chi connectivity index (χ4n) is 2.42. The van der Waals surface area contributed by atoms with E-state index in [9.17, 15) is 5.26 Å². The highest BCUT2D eigenvalue weighted by atomic mass is 15.1. The average Bonchev–Trinajstić information content (AvgIpc) is 2.71. The van der Waals surface area contributed by atoms with Crippen LogP contribution in [0.2, 0.25) is 0 Å². The number of aliphatic imine (C=N–C) groups is 1. The molecule has 0 saturated carbocycles. The van der Waals surface area contributed by atoms with E-state index in [0.717, 1.165) is 16.9 Å². The second-order valence-electron chi connectivity index (χ2n) is 5.99. The van der Waals surface area contributed by atoms with Gasteiger partial charge in [0.05, 0.1) is 0 Å². The number of nitrogens with zero attached hydrogens (tertiary/aromatic N) is 2. The largest absolute Gasteiger partial charge is 0.339 e. The van der Waals surface area contributed by atoms with Crippen molar-refractivity contribution in [3.63, 3.8) is 0 Å². The Bertz CT molecular complexity index is 923. The summed E-state index contributed by atoms with van der Waals surface area (Å²) in [5.41, 5.74) is 4.12. The van der Waals surface area contributed by atoms with E-state index >= 15 is 0 Å². The molecule has 0 spiro atoms. The van der Waals surface area contributed by atoms with Crippen LogP contribution in [0.5, 0.6) is 0 Å². The molecule has 0 aliphatic heterocycles. The monoisotopic (exact) mass is 352 g/mol. The van der Waals surface area contributed by atoms with Crippen molar-refractivity contribution in [2.24, 2.45) is 4.99 Å². The lowest BCUT2D eigenvalue weighted by molar-refractivity contribution is 1.25. The SMILES string of the molecule is Cc1ccc(C=NC(C#N)=C(Nc2ccccc2)Nc2ccccc2)cc1. The summed E-state index contributed by atoms with van der Waals surface area (Å²) in [5.74, 6) is 0.526. The molecule has 0 fully saturated rings. The molecule has 4 nitrogen and oxygen atoms in total. The van der Waals surface area contributed by atoms with E-state index in [-0.39, 0.29) is 5.70 Å². The number of hydrogen-bond acceptors (Lipinski definition) is 4. The molecule has 3 aromatic rings. The Morgan fingerprint density at radius 3 is 1.81 bits per heavy atom. The van der Waals surface area contributed by atoms with Crippen molar-refractivity contribution < 1.29 is 0 Å². The van der Waals surface area contributed by atoms with Crippen LogP contribution in [0.1, 0.15) is 11.1 Å². The van der Waals surface area contributed by atoms with Gasteiger partial charge in [-0.05, 0) is 36.8 Å². The molecule has 0 bridgehead atoms. The number of allylic oxidation sites excluding steroid dienone is 1. The van der Waals surface area contributed by atoms with Gasteiger partial charge in [-0.25, -0.2) is 4.99 Å². The number of anilines is 2. The van der Waals surface area contributed by atoms with E-state index in [1.54, 1.807) is 6.21 Å². The Morgan fingerprint density at radius 2 is 1.33 bits per heavy atom. The van der Waals surface area contributed by atoms with Crippen LogP contribution in [0.15, 0.2) is 101 Å². The van der Waals surface area contributed by atoms with Crippen LogP contribution in [-0.4, -0.2) is 6.21 Å². The maximum atomic E-state index is 9.67. The molecule has 4 heteroatoms. The van der Waals surface area contributed by atoms with Gasteiger partial charge in [0.25, 0.3) is 0 Å². The summed E-state index contributed by atoms with van der Waals surface area (Å²) in [6.45, 7) is 2.03. The van der Waals surface area contributed by atoms with Crippen LogP contribution < -0.4 is 10.6 Å². The molecule has 0 unspecified atom stereocenters. The summed E-state index contributed by atoms with van der Waals surface area (Å²) in [6, 6.07) is 29.5. The molecule has 0 aromatic heterocycles. The molecule has 0 atom stereocenters. The van der Waals surface area contributed by atoms with Crippen molar-refractivity contribution in [2.45, 2.75) is 6.92 Å². The Kier molecular flexibility index (Phi) is 6.00. The molecule has 3 aromatic carbocycles. The first-order valence-electron chi connectivity index (χ1n) is 8.64. The molecule has 0 radical (unpaired) electrons. The van der Waals surface area contributed by atoms with Crippen LogP contribution >= 0.6 is 0 Å². The molecule has 2 N–H and O–H groups in total. The van der Waals surface area contributed by atoms with Crippen LogP contribution in [-0.2, 0) is 0 Å². The van der Waals surface area contributed by atoms with E-state index in [1.165, 1.54) is 5.56 Å². The third-order valence-electron chi connectivity index (χ3n) is 3.85. The fourth-order valence-corrected chi connectivity index (χ4v) is 2.42. The summed E-state index contributed by atoms with van der Waals surface area (Å²) >= 11 is 0. The smallest absolute Gasteiger partial charge is 0.181 e. The topological polar surface area (TPSA) is 60.2 Å². The van der Waals surface area contributed by atoms with Crippen LogP contribution in [0, 0.1) is 18.3 Å². The number of nitrogens with one attached hydrogen (secondary N) is 2. The van der Waals surface area contributed by atoms with Crippen LogP contribution in [0.4, 0.5) is 11.4 Å². The number of aryl methyl sites for hydroxylation is 1. The first kappa shape index (κ1) is 18.0. The molecule has 0 aliphatic carbocycles. The minimum Gasteiger partial charge on any atom is -0.339 e. The predicted octanol–water partition coefficient (Wildman–Crippen LogP) is 5.33. The van der Waals surface area contributed by atoms with Gasteiger partial charge < -0.3 is 10.6 Å². The summed E-state index contributed by atoms with van der Waals surface area (Å²) in [6.07, 6.45) is 1.69. The zero-order valence-electron chi connectivity index (χ0n) is 15.1. The molecule has 27 heavy (non-hydrogen) atoms. The molecule has 132 valence electrons. The number of benzene rings is 3. The van der Waals surface area contributed by atoms with E-state index in [0.29, 0.717) is 5.82 Å². The number of hydrogen-bond donors (Lipinski definition) is 2. The van der Waals surface area contributed by atoms with Crippen molar-refractivity contribution in [1.82, 2.24) is 0 Å². The standard InChI is InChI=1S/C23H20N4/c1-18-12-14-19(15-13-18)17-25-22(16-24)23(26-20-8-4-2-5-9-20)27-21-10-6-3-7-11-21/h2-15,17,26-27H,1H3. The lowest BCUT2D eigenvalue weighted by Gasteiger charge is -2.14. The molecule has 3 rings (SSSR count). The van der Waals surface area contributed by atoms with E-state index < -0.39 is 0 Å². The Hall–Kier alpha value is -3.84. The van der Waals surface area contributed by atoms with Gasteiger partial charge in [-0.3, -0.25) is 0 Å². The van der Waals surface area contributed by atoms with Crippen LogP contribution in [0.3, 0.4) is 0 Å². The third-order valence-corrected chi connectivity index (χ3v) is 3.85. The zero-order chi connectivity index (χ0) is 18.9. The number of nitriles is 1. The normalized spacial score (nSPS) is 10.2. The predicted molar refractivity (Wildman–Crippen MR) is 112 cm³/mol. The average molecular weight is 352 g/mol. The van der Waals surface area contributed by atoms with Gasteiger partial charge in [-0.2, -0.15) is 5.26 Å². The first-order chi connectivity index (χ1) is 13.2. The second kappa shape index (κ2) is 9.02. The summed E-state index contributed by atoms with van der Waals surface area (Å²) in [7, 11) is 0. The van der Waals surface area contributed by atoms with Gasteiger partial charge in [0, 0.05) is 17.6 Å². The Balaban J connectivity index is 1.93. The van der Waals surface area contributed by atoms with Crippen molar-refractivity contribution in [1.29, 1.82) is 5.26 Å².